The minimum atomic E-state index is -0.540. The van der Waals surface area contributed by atoms with Crippen LogP contribution < -0.4 is 10.6 Å². The van der Waals surface area contributed by atoms with E-state index in [9.17, 15) is 9.59 Å². The molecule has 0 fully saturated rings. The van der Waals surface area contributed by atoms with E-state index in [0.29, 0.717) is 17.1 Å². The SMILES string of the molecule is CC(NC(=O)OCC1c2ccccc2-c2ccccc21)[C@@H]1NCc2c(Cl)cccc2C1=O. The summed E-state index contributed by atoms with van der Waals surface area (Å²) < 4.78 is 5.61. The fourth-order valence-electron chi connectivity index (χ4n) is 4.75. The molecule has 0 bridgehead atoms. The number of Topliss-reactive ketones (excluding diaryl/α,β-unsaturated/α-hetero) is 1. The van der Waals surface area contributed by atoms with Crippen LogP contribution in [0.2, 0.25) is 5.02 Å². The van der Waals surface area contributed by atoms with Crippen molar-refractivity contribution in [3.05, 3.63) is 94.0 Å². The van der Waals surface area contributed by atoms with Crippen LogP contribution in [-0.2, 0) is 11.3 Å². The third kappa shape index (κ3) is 3.57. The van der Waals surface area contributed by atoms with E-state index in [2.05, 4.69) is 34.9 Å². The number of hydrogen-bond acceptors (Lipinski definition) is 4. The second-order valence-corrected chi connectivity index (χ2v) is 8.65. The lowest BCUT2D eigenvalue weighted by Crippen LogP contribution is -2.54. The van der Waals surface area contributed by atoms with E-state index in [-0.39, 0.29) is 18.3 Å². The van der Waals surface area contributed by atoms with Crippen LogP contribution in [0, 0.1) is 0 Å². The molecule has 5 nitrogen and oxygen atoms in total. The van der Waals surface area contributed by atoms with Gasteiger partial charge in [-0.1, -0.05) is 72.3 Å². The molecule has 2 N–H and O–H groups in total. The number of ether oxygens (including phenoxy) is 1. The van der Waals surface area contributed by atoms with E-state index >= 15 is 0 Å². The van der Waals surface area contributed by atoms with Crippen LogP contribution in [0.3, 0.4) is 0 Å². The molecular weight excluding hydrogens is 424 g/mol. The summed E-state index contributed by atoms with van der Waals surface area (Å²) in [6.45, 7) is 2.51. The maximum atomic E-state index is 12.9. The molecule has 2 atom stereocenters. The van der Waals surface area contributed by atoms with Crippen LogP contribution in [0.1, 0.15) is 39.9 Å². The zero-order valence-corrected chi connectivity index (χ0v) is 18.4. The highest BCUT2D eigenvalue weighted by Gasteiger charge is 2.34. The first kappa shape index (κ1) is 20.7. The van der Waals surface area contributed by atoms with Gasteiger partial charge in [0.25, 0.3) is 0 Å². The summed E-state index contributed by atoms with van der Waals surface area (Å²) in [6.07, 6.45) is -0.536. The Morgan fingerprint density at radius 1 is 1.03 bits per heavy atom. The molecule has 32 heavy (non-hydrogen) atoms. The maximum absolute atomic E-state index is 12.9. The van der Waals surface area contributed by atoms with Crippen molar-refractivity contribution in [2.75, 3.05) is 6.61 Å². The lowest BCUT2D eigenvalue weighted by molar-refractivity contribution is 0.0902. The number of nitrogens with one attached hydrogen (secondary N) is 2. The van der Waals surface area contributed by atoms with Gasteiger partial charge in [0.2, 0.25) is 0 Å². The summed E-state index contributed by atoms with van der Waals surface area (Å²) >= 11 is 6.21. The smallest absolute Gasteiger partial charge is 0.407 e. The van der Waals surface area contributed by atoms with Crippen molar-refractivity contribution >= 4 is 23.5 Å². The molecule has 162 valence electrons. The van der Waals surface area contributed by atoms with Crippen LogP contribution in [0.15, 0.2) is 66.7 Å². The average Bonchev–Trinajstić information content (AvgIpc) is 3.12. The largest absolute Gasteiger partial charge is 0.449 e. The standard InChI is InChI=1S/C26H23ClN2O3/c1-15(24-25(30)20-11-6-12-23(27)21(20)13-28-24)29-26(31)32-14-22-18-9-4-2-7-16(18)17-8-3-5-10-19(17)22/h2-12,15,22,24,28H,13-14H2,1H3,(H,29,31)/t15?,24-/m0/s1. The molecule has 1 aliphatic carbocycles. The molecule has 1 amide bonds. The van der Waals surface area contributed by atoms with Crippen molar-refractivity contribution in [1.29, 1.82) is 0 Å². The highest BCUT2D eigenvalue weighted by molar-refractivity contribution is 6.32. The van der Waals surface area contributed by atoms with Crippen LogP contribution in [0.25, 0.3) is 11.1 Å². The third-order valence-electron chi connectivity index (χ3n) is 6.35. The van der Waals surface area contributed by atoms with Gasteiger partial charge < -0.3 is 15.4 Å². The number of rotatable bonds is 4. The average molecular weight is 447 g/mol. The molecule has 0 aromatic heterocycles. The molecule has 1 heterocycles. The zero-order chi connectivity index (χ0) is 22.2. The number of carbonyl (C=O) groups is 2. The number of benzene rings is 3. The van der Waals surface area contributed by atoms with Gasteiger partial charge in [0.1, 0.15) is 6.61 Å². The summed E-state index contributed by atoms with van der Waals surface area (Å²) in [5.74, 6) is -0.0906. The highest BCUT2D eigenvalue weighted by atomic mass is 35.5. The Morgan fingerprint density at radius 3 is 2.34 bits per heavy atom. The van der Waals surface area contributed by atoms with Gasteiger partial charge in [-0.25, -0.2) is 4.79 Å². The van der Waals surface area contributed by atoms with Crippen molar-refractivity contribution < 1.29 is 14.3 Å². The molecule has 1 aliphatic heterocycles. The van der Waals surface area contributed by atoms with Gasteiger partial charge in [-0.15, -0.1) is 0 Å². The third-order valence-corrected chi connectivity index (χ3v) is 6.71. The number of alkyl carbamates (subject to hydrolysis) is 1. The number of ketones is 1. The maximum Gasteiger partial charge on any atom is 0.407 e. The summed E-state index contributed by atoms with van der Waals surface area (Å²) in [7, 11) is 0. The molecule has 0 saturated heterocycles. The number of amides is 1. The molecule has 0 saturated carbocycles. The fraction of sp³-hybridized carbons (Fsp3) is 0.231. The quantitative estimate of drug-likeness (QED) is 0.596. The second-order valence-electron chi connectivity index (χ2n) is 8.25. The topological polar surface area (TPSA) is 67.4 Å². The highest BCUT2D eigenvalue weighted by Crippen LogP contribution is 2.44. The first-order valence-corrected chi connectivity index (χ1v) is 11.1. The van der Waals surface area contributed by atoms with Crippen molar-refractivity contribution in [1.82, 2.24) is 10.6 Å². The number of halogens is 1. The predicted octanol–water partition coefficient (Wildman–Crippen LogP) is 4.92. The van der Waals surface area contributed by atoms with Crippen LogP contribution in [-0.4, -0.2) is 30.6 Å². The van der Waals surface area contributed by atoms with Gasteiger partial charge in [-0.3, -0.25) is 4.79 Å². The Balaban J connectivity index is 1.25. The van der Waals surface area contributed by atoms with E-state index in [4.69, 9.17) is 16.3 Å². The fourth-order valence-corrected chi connectivity index (χ4v) is 5.00. The van der Waals surface area contributed by atoms with E-state index in [1.54, 1.807) is 25.1 Å². The normalized spacial score (nSPS) is 17.8. The van der Waals surface area contributed by atoms with Crippen molar-refractivity contribution in [2.24, 2.45) is 0 Å². The Morgan fingerprint density at radius 2 is 1.66 bits per heavy atom. The first-order chi connectivity index (χ1) is 15.5. The summed E-state index contributed by atoms with van der Waals surface area (Å²) in [4.78, 5) is 25.5. The Bertz CT molecular complexity index is 1160. The molecule has 0 spiro atoms. The second kappa shape index (κ2) is 8.41. The predicted molar refractivity (Wildman–Crippen MR) is 124 cm³/mol. The van der Waals surface area contributed by atoms with E-state index in [1.165, 1.54) is 11.1 Å². The summed E-state index contributed by atoms with van der Waals surface area (Å²) in [6, 6.07) is 20.7. The van der Waals surface area contributed by atoms with Gasteiger partial charge in [0.05, 0.1) is 12.1 Å². The van der Waals surface area contributed by atoms with Crippen LogP contribution in [0.5, 0.6) is 0 Å². The lowest BCUT2D eigenvalue weighted by Gasteiger charge is -2.30. The Hall–Kier alpha value is -3.15. The van der Waals surface area contributed by atoms with Gasteiger partial charge >= 0.3 is 6.09 Å². The van der Waals surface area contributed by atoms with Crippen molar-refractivity contribution in [2.45, 2.75) is 31.5 Å². The molecule has 6 heteroatoms. The van der Waals surface area contributed by atoms with Gasteiger partial charge in [0, 0.05) is 23.0 Å². The van der Waals surface area contributed by atoms with Gasteiger partial charge in [0.15, 0.2) is 5.78 Å². The van der Waals surface area contributed by atoms with Gasteiger partial charge in [-0.2, -0.15) is 0 Å². The first-order valence-electron chi connectivity index (χ1n) is 10.7. The minimum absolute atomic E-state index is 0.00749. The van der Waals surface area contributed by atoms with E-state index < -0.39 is 18.2 Å². The van der Waals surface area contributed by atoms with Crippen LogP contribution in [0.4, 0.5) is 4.79 Å². The van der Waals surface area contributed by atoms with E-state index in [0.717, 1.165) is 16.7 Å². The molecule has 0 radical (unpaired) electrons. The van der Waals surface area contributed by atoms with Crippen molar-refractivity contribution in [3.63, 3.8) is 0 Å². The zero-order valence-electron chi connectivity index (χ0n) is 17.6. The lowest BCUT2D eigenvalue weighted by atomic mass is 9.91. The summed E-state index contributed by atoms with van der Waals surface area (Å²) in [5.41, 5.74) is 6.07. The molecule has 5 rings (SSSR count). The molecule has 1 unspecified atom stereocenters. The monoisotopic (exact) mass is 446 g/mol. The molecular formula is C26H23ClN2O3. The number of carbonyl (C=O) groups excluding carboxylic acids is 2. The molecule has 3 aromatic carbocycles. The number of fused-ring (bicyclic) bond motifs is 4. The summed E-state index contributed by atoms with van der Waals surface area (Å²) in [5, 5.41) is 6.58. The molecule has 2 aliphatic rings. The number of hydrogen-bond donors (Lipinski definition) is 2. The van der Waals surface area contributed by atoms with Gasteiger partial charge in [-0.05, 0) is 40.8 Å². The van der Waals surface area contributed by atoms with E-state index in [1.807, 2.05) is 24.3 Å². The minimum Gasteiger partial charge on any atom is -0.449 e. The van der Waals surface area contributed by atoms with Crippen LogP contribution >= 0.6 is 11.6 Å². The molecule has 3 aromatic rings. The Labute approximate surface area is 191 Å². The Kier molecular flexibility index (Phi) is 5.45. The van der Waals surface area contributed by atoms with Crippen molar-refractivity contribution in [3.8, 4) is 11.1 Å².